The fourth-order valence-corrected chi connectivity index (χ4v) is 2.46. The predicted octanol–water partition coefficient (Wildman–Crippen LogP) is 1.70. The lowest BCUT2D eigenvalue weighted by molar-refractivity contribution is 0.143. The zero-order chi connectivity index (χ0) is 7.40. The van der Waals surface area contributed by atoms with E-state index in [0.29, 0.717) is 0 Å². The van der Waals surface area contributed by atoms with E-state index < -0.39 is 0 Å². The van der Waals surface area contributed by atoms with E-state index >= 15 is 0 Å². The maximum absolute atomic E-state index is 8.66. The van der Waals surface area contributed by atoms with Crippen molar-refractivity contribution in [3.05, 3.63) is 11.9 Å². The second kappa shape index (κ2) is 4.07. The monoisotopic (exact) mass is 160 g/mol. The van der Waals surface area contributed by atoms with Crippen LogP contribution in [0.25, 0.3) is 0 Å². The van der Waals surface area contributed by atoms with Crippen molar-refractivity contribution >= 4 is 8.15 Å². The summed E-state index contributed by atoms with van der Waals surface area (Å²) in [5, 5.41) is 8.66. The van der Waals surface area contributed by atoms with Crippen molar-refractivity contribution in [2.24, 2.45) is 0 Å². The van der Waals surface area contributed by atoms with Gasteiger partial charge in [0.15, 0.2) is 0 Å². The Hall–Kier alpha value is 0.0900. The Balaban J connectivity index is 2.18. The molecule has 2 atom stereocenters. The SMILES string of the molecule is CC(CO)OP1C=CCC1. The Morgan fingerprint density at radius 3 is 3.10 bits per heavy atom. The number of hydrogen-bond acceptors (Lipinski definition) is 2. The summed E-state index contributed by atoms with van der Waals surface area (Å²) < 4.78 is 5.49. The molecule has 1 rings (SSSR count). The lowest BCUT2D eigenvalue weighted by atomic mass is 10.5. The molecule has 0 saturated heterocycles. The van der Waals surface area contributed by atoms with Crippen LogP contribution in [0.3, 0.4) is 0 Å². The van der Waals surface area contributed by atoms with Crippen LogP contribution >= 0.6 is 8.15 Å². The lowest BCUT2D eigenvalue weighted by Crippen LogP contribution is -2.09. The summed E-state index contributed by atoms with van der Waals surface area (Å²) in [4.78, 5) is 0. The van der Waals surface area contributed by atoms with Crippen LogP contribution in [0.2, 0.25) is 0 Å². The van der Waals surface area contributed by atoms with E-state index in [9.17, 15) is 0 Å². The molecule has 0 fully saturated rings. The third-order valence-corrected chi connectivity index (χ3v) is 3.23. The molecule has 1 aliphatic rings. The van der Waals surface area contributed by atoms with Crippen LogP contribution in [-0.2, 0) is 4.52 Å². The molecule has 0 aliphatic carbocycles. The van der Waals surface area contributed by atoms with Crippen molar-refractivity contribution in [2.75, 3.05) is 12.8 Å². The molecule has 0 aromatic carbocycles. The van der Waals surface area contributed by atoms with E-state index in [1.54, 1.807) is 0 Å². The van der Waals surface area contributed by atoms with Gasteiger partial charge in [-0.1, -0.05) is 6.08 Å². The van der Waals surface area contributed by atoms with Gasteiger partial charge in [-0.2, -0.15) is 0 Å². The van der Waals surface area contributed by atoms with Gasteiger partial charge in [0, 0.05) is 0 Å². The molecule has 0 saturated carbocycles. The van der Waals surface area contributed by atoms with Crippen molar-refractivity contribution < 1.29 is 9.63 Å². The molecule has 1 N–H and O–H groups in total. The summed E-state index contributed by atoms with van der Waals surface area (Å²) in [6.07, 6.45) is 4.44. The van der Waals surface area contributed by atoms with Crippen molar-refractivity contribution in [1.29, 1.82) is 0 Å². The second-order valence-electron chi connectivity index (χ2n) is 2.41. The molecule has 0 bridgehead atoms. The number of hydrogen-bond donors (Lipinski definition) is 1. The van der Waals surface area contributed by atoms with Crippen molar-refractivity contribution in [2.45, 2.75) is 19.4 Å². The lowest BCUT2D eigenvalue weighted by Gasteiger charge is -2.14. The first-order chi connectivity index (χ1) is 4.83. The molecule has 0 aromatic rings. The van der Waals surface area contributed by atoms with Crippen LogP contribution in [0.15, 0.2) is 11.9 Å². The molecule has 10 heavy (non-hydrogen) atoms. The molecule has 3 heteroatoms. The van der Waals surface area contributed by atoms with E-state index in [1.807, 2.05) is 6.92 Å². The van der Waals surface area contributed by atoms with Gasteiger partial charge < -0.3 is 9.63 Å². The molecule has 58 valence electrons. The van der Waals surface area contributed by atoms with Gasteiger partial charge in [0.05, 0.1) is 20.9 Å². The number of allylic oxidation sites excluding steroid dienone is 1. The predicted molar refractivity (Wildman–Crippen MR) is 43.2 cm³/mol. The van der Waals surface area contributed by atoms with Gasteiger partial charge in [-0.25, -0.2) is 0 Å². The molecule has 2 nitrogen and oxygen atoms in total. The molecule has 1 aliphatic heterocycles. The topological polar surface area (TPSA) is 29.5 Å². The first kappa shape index (κ1) is 8.19. The van der Waals surface area contributed by atoms with E-state index in [0.717, 1.165) is 12.6 Å². The Morgan fingerprint density at radius 2 is 2.60 bits per heavy atom. The summed E-state index contributed by atoms with van der Waals surface area (Å²) in [5.41, 5.74) is 0. The Kier molecular flexibility index (Phi) is 3.33. The van der Waals surface area contributed by atoms with Crippen LogP contribution in [0.5, 0.6) is 0 Å². The number of aliphatic hydroxyl groups is 1. The second-order valence-corrected chi connectivity index (χ2v) is 4.20. The molecule has 0 aromatic heterocycles. The van der Waals surface area contributed by atoms with Crippen molar-refractivity contribution in [1.82, 2.24) is 0 Å². The maximum atomic E-state index is 8.66. The zero-order valence-electron chi connectivity index (χ0n) is 6.16. The first-order valence-corrected chi connectivity index (χ1v) is 5.05. The van der Waals surface area contributed by atoms with Gasteiger partial charge in [0.25, 0.3) is 0 Å². The fraction of sp³-hybridized carbons (Fsp3) is 0.714. The highest BCUT2D eigenvalue weighted by atomic mass is 31.1. The van der Waals surface area contributed by atoms with E-state index in [2.05, 4.69) is 11.9 Å². The minimum Gasteiger partial charge on any atom is -0.394 e. The van der Waals surface area contributed by atoms with Gasteiger partial charge in [-0.15, -0.1) is 0 Å². The minimum atomic E-state index is -0.331. The standard InChI is InChI=1S/C7H13O2P/c1-7(6-8)9-10-4-2-3-5-10/h2,4,7-8H,3,5-6H2,1H3. The smallest absolute Gasteiger partial charge is 0.0824 e. The third kappa shape index (κ3) is 2.37. The summed E-state index contributed by atoms with van der Waals surface area (Å²) in [5.74, 6) is 2.13. The summed E-state index contributed by atoms with van der Waals surface area (Å²) in [6.45, 7) is 2.03. The van der Waals surface area contributed by atoms with Crippen LogP contribution in [0, 0.1) is 0 Å². The average Bonchev–Trinajstić information content (AvgIpc) is 2.40. The van der Waals surface area contributed by atoms with Gasteiger partial charge in [-0.05, 0) is 25.3 Å². The molecule has 0 amide bonds. The molecule has 0 radical (unpaired) electrons. The quantitative estimate of drug-likeness (QED) is 0.636. The van der Waals surface area contributed by atoms with Crippen molar-refractivity contribution in [3.8, 4) is 0 Å². The normalized spacial score (nSPS) is 27.2. The zero-order valence-corrected chi connectivity index (χ0v) is 7.05. The van der Waals surface area contributed by atoms with Crippen LogP contribution in [0.1, 0.15) is 13.3 Å². The summed E-state index contributed by atoms with van der Waals surface area (Å²) in [6, 6.07) is 0. The number of rotatable bonds is 3. The van der Waals surface area contributed by atoms with Crippen molar-refractivity contribution in [3.63, 3.8) is 0 Å². The van der Waals surface area contributed by atoms with Gasteiger partial charge >= 0.3 is 0 Å². The fourth-order valence-electron chi connectivity index (χ4n) is 0.821. The van der Waals surface area contributed by atoms with Gasteiger partial charge in [0.2, 0.25) is 0 Å². The highest BCUT2D eigenvalue weighted by molar-refractivity contribution is 7.56. The molecule has 0 spiro atoms. The molecule has 1 heterocycles. The molecule has 2 unspecified atom stereocenters. The number of aliphatic hydroxyl groups excluding tert-OH is 1. The third-order valence-electron chi connectivity index (χ3n) is 1.36. The molecular weight excluding hydrogens is 147 g/mol. The largest absolute Gasteiger partial charge is 0.394 e. The Morgan fingerprint density at radius 1 is 1.80 bits per heavy atom. The Bertz CT molecular complexity index is 125. The highest BCUT2D eigenvalue weighted by Crippen LogP contribution is 2.44. The van der Waals surface area contributed by atoms with E-state index in [1.165, 1.54) is 0 Å². The van der Waals surface area contributed by atoms with E-state index in [4.69, 9.17) is 9.63 Å². The highest BCUT2D eigenvalue weighted by Gasteiger charge is 2.12. The summed E-state index contributed by atoms with van der Waals surface area (Å²) in [7, 11) is -0.331. The van der Waals surface area contributed by atoms with Crippen LogP contribution in [-0.4, -0.2) is 24.0 Å². The first-order valence-electron chi connectivity index (χ1n) is 3.54. The van der Waals surface area contributed by atoms with E-state index in [-0.39, 0.29) is 20.9 Å². The van der Waals surface area contributed by atoms with Crippen LogP contribution in [0.4, 0.5) is 0 Å². The van der Waals surface area contributed by atoms with Gasteiger partial charge in [-0.3, -0.25) is 0 Å². The summed E-state index contributed by atoms with van der Waals surface area (Å²) >= 11 is 0. The maximum Gasteiger partial charge on any atom is 0.0824 e. The van der Waals surface area contributed by atoms with Gasteiger partial charge in [0.1, 0.15) is 0 Å². The van der Waals surface area contributed by atoms with Crippen LogP contribution < -0.4 is 0 Å². The average molecular weight is 160 g/mol. The minimum absolute atomic E-state index is 0.00820. The molecular formula is C7H13O2P. The Labute approximate surface area is 62.7 Å².